The Morgan fingerprint density at radius 2 is 1.64 bits per heavy atom. The molecule has 33 heavy (non-hydrogen) atoms. The number of hydrogen-bond donors (Lipinski definition) is 0. The number of ether oxygens (including phenoxy) is 2. The molecule has 0 aliphatic rings. The van der Waals surface area contributed by atoms with Crippen LogP contribution >= 0.6 is 11.3 Å². The van der Waals surface area contributed by atoms with E-state index in [9.17, 15) is 9.59 Å². The van der Waals surface area contributed by atoms with Crippen molar-refractivity contribution in [1.29, 1.82) is 0 Å². The van der Waals surface area contributed by atoms with Crippen LogP contribution in [-0.2, 0) is 22.3 Å². The summed E-state index contributed by atoms with van der Waals surface area (Å²) in [6.07, 6.45) is 2.72. The summed E-state index contributed by atoms with van der Waals surface area (Å²) in [4.78, 5) is 26.8. The average Bonchev–Trinajstić information content (AvgIpc) is 3.16. The van der Waals surface area contributed by atoms with Gasteiger partial charge in [-0.15, -0.1) is 11.3 Å². The van der Waals surface area contributed by atoms with Crippen molar-refractivity contribution in [3.05, 3.63) is 81.0 Å². The lowest BCUT2D eigenvalue weighted by Crippen LogP contribution is -2.24. The summed E-state index contributed by atoms with van der Waals surface area (Å²) in [7, 11) is 0. The first-order valence-electron chi connectivity index (χ1n) is 11.4. The van der Waals surface area contributed by atoms with Crippen LogP contribution in [-0.4, -0.2) is 24.1 Å². The molecule has 0 N–H and O–H groups in total. The summed E-state index contributed by atoms with van der Waals surface area (Å²) >= 11 is 1.54. The fraction of sp³-hybridized carbons (Fsp3) is 0.357. The largest absolute Gasteiger partial charge is 0.462 e. The summed E-state index contributed by atoms with van der Waals surface area (Å²) in [6.45, 7) is 9.94. The maximum absolute atomic E-state index is 12.7. The fourth-order valence-electron chi connectivity index (χ4n) is 3.63. The van der Waals surface area contributed by atoms with Gasteiger partial charge in [-0.1, -0.05) is 55.8 Å². The van der Waals surface area contributed by atoms with E-state index in [1.807, 2.05) is 64.1 Å². The average molecular weight is 465 g/mol. The third kappa shape index (κ3) is 6.55. The molecule has 0 saturated carbocycles. The van der Waals surface area contributed by atoms with Crippen LogP contribution in [0.5, 0.6) is 0 Å². The molecule has 0 fully saturated rings. The molecule has 0 aliphatic heterocycles. The molecule has 0 amide bonds. The van der Waals surface area contributed by atoms with E-state index in [-0.39, 0.29) is 11.9 Å². The van der Waals surface area contributed by atoms with Crippen LogP contribution in [0.1, 0.15) is 77.1 Å². The van der Waals surface area contributed by atoms with Gasteiger partial charge in [-0.05, 0) is 74.9 Å². The van der Waals surface area contributed by atoms with Crippen LogP contribution in [0, 0.1) is 0 Å². The zero-order valence-corrected chi connectivity index (χ0v) is 20.9. The molecule has 0 spiro atoms. The monoisotopic (exact) mass is 464 g/mol. The van der Waals surface area contributed by atoms with Gasteiger partial charge in [0.1, 0.15) is 10.5 Å². The molecule has 1 aromatic heterocycles. The minimum Gasteiger partial charge on any atom is -0.462 e. The van der Waals surface area contributed by atoms with Crippen LogP contribution in [0.15, 0.2) is 54.6 Å². The van der Waals surface area contributed by atoms with Gasteiger partial charge in [0.15, 0.2) is 0 Å². The minimum atomic E-state index is -0.548. The number of carbonyl (C=O) groups is 2. The SMILES string of the molecule is CCCc1sc(C(=O)OCC)cc1Cc1ccc(-c2ccccc2C(=O)OC(C)(C)C)cc1. The summed E-state index contributed by atoms with van der Waals surface area (Å²) in [5, 5.41) is 0. The first-order chi connectivity index (χ1) is 15.7. The summed E-state index contributed by atoms with van der Waals surface area (Å²) in [5.41, 5.74) is 4.15. The predicted octanol–water partition coefficient (Wildman–Crippen LogP) is 7.09. The molecule has 0 saturated heterocycles. The van der Waals surface area contributed by atoms with Crippen molar-refractivity contribution in [1.82, 2.24) is 0 Å². The highest BCUT2D eigenvalue weighted by Crippen LogP contribution is 2.29. The molecule has 0 bridgehead atoms. The van der Waals surface area contributed by atoms with Crippen LogP contribution in [0.3, 0.4) is 0 Å². The fourth-order valence-corrected chi connectivity index (χ4v) is 4.80. The van der Waals surface area contributed by atoms with E-state index in [4.69, 9.17) is 9.47 Å². The van der Waals surface area contributed by atoms with Gasteiger partial charge in [0, 0.05) is 4.88 Å². The Balaban J connectivity index is 1.84. The number of benzene rings is 2. The molecule has 2 aromatic carbocycles. The van der Waals surface area contributed by atoms with E-state index in [1.165, 1.54) is 21.8 Å². The Bertz CT molecular complexity index is 1100. The van der Waals surface area contributed by atoms with E-state index in [2.05, 4.69) is 19.1 Å². The number of carbonyl (C=O) groups excluding carboxylic acids is 2. The van der Waals surface area contributed by atoms with Gasteiger partial charge in [0.05, 0.1) is 12.2 Å². The van der Waals surface area contributed by atoms with Crippen molar-refractivity contribution in [2.45, 2.75) is 59.5 Å². The van der Waals surface area contributed by atoms with E-state index in [0.29, 0.717) is 17.0 Å². The van der Waals surface area contributed by atoms with Crippen molar-refractivity contribution in [2.24, 2.45) is 0 Å². The van der Waals surface area contributed by atoms with Gasteiger partial charge in [0.2, 0.25) is 0 Å². The Kier molecular flexibility index (Phi) is 8.09. The Morgan fingerprint density at radius 1 is 0.939 bits per heavy atom. The molecule has 0 atom stereocenters. The van der Waals surface area contributed by atoms with E-state index in [1.54, 1.807) is 6.07 Å². The lowest BCUT2D eigenvalue weighted by Gasteiger charge is -2.20. The Hall–Kier alpha value is -2.92. The lowest BCUT2D eigenvalue weighted by molar-refractivity contribution is 0.00702. The van der Waals surface area contributed by atoms with Crippen LogP contribution in [0.4, 0.5) is 0 Å². The molecule has 174 valence electrons. The van der Waals surface area contributed by atoms with Gasteiger partial charge in [-0.25, -0.2) is 9.59 Å². The van der Waals surface area contributed by atoms with Gasteiger partial charge in [-0.3, -0.25) is 0 Å². The molecular weight excluding hydrogens is 432 g/mol. The first-order valence-corrected chi connectivity index (χ1v) is 12.2. The van der Waals surface area contributed by atoms with E-state index in [0.717, 1.165) is 36.0 Å². The number of aryl methyl sites for hydroxylation is 1. The molecular formula is C28H32O4S. The van der Waals surface area contributed by atoms with Crippen LogP contribution < -0.4 is 0 Å². The standard InChI is InChI=1S/C28H32O4S/c1-6-10-24-21(18-25(33-24)27(30)31-7-2)17-19-13-15-20(16-14-19)22-11-8-9-12-23(22)26(29)32-28(3,4)5/h8-9,11-16,18H,6-7,10,17H2,1-5H3. The third-order valence-electron chi connectivity index (χ3n) is 5.06. The quantitative estimate of drug-likeness (QED) is 0.334. The van der Waals surface area contributed by atoms with Crippen molar-refractivity contribution in [3.8, 4) is 11.1 Å². The maximum Gasteiger partial charge on any atom is 0.348 e. The third-order valence-corrected chi connectivity index (χ3v) is 6.27. The molecule has 4 nitrogen and oxygen atoms in total. The Labute approximate surface area is 200 Å². The highest BCUT2D eigenvalue weighted by molar-refractivity contribution is 7.14. The lowest BCUT2D eigenvalue weighted by atomic mass is 9.96. The topological polar surface area (TPSA) is 52.6 Å². The van der Waals surface area contributed by atoms with Gasteiger partial charge in [0.25, 0.3) is 0 Å². The zero-order valence-electron chi connectivity index (χ0n) is 20.1. The molecule has 0 radical (unpaired) electrons. The summed E-state index contributed by atoms with van der Waals surface area (Å²) in [5.74, 6) is -0.573. The number of rotatable bonds is 8. The zero-order chi connectivity index (χ0) is 24.0. The van der Waals surface area contributed by atoms with E-state index < -0.39 is 5.60 Å². The van der Waals surface area contributed by atoms with Crippen molar-refractivity contribution in [3.63, 3.8) is 0 Å². The molecule has 1 heterocycles. The first kappa shape index (κ1) is 24.7. The number of thiophene rings is 1. The molecule has 0 aliphatic carbocycles. The second-order valence-corrected chi connectivity index (χ2v) is 10.1. The van der Waals surface area contributed by atoms with E-state index >= 15 is 0 Å². The van der Waals surface area contributed by atoms with Gasteiger partial charge < -0.3 is 9.47 Å². The van der Waals surface area contributed by atoms with Crippen molar-refractivity contribution < 1.29 is 19.1 Å². The summed E-state index contributed by atoms with van der Waals surface area (Å²) in [6, 6.07) is 17.7. The maximum atomic E-state index is 12.7. The predicted molar refractivity (Wildman–Crippen MR) is 134 cm³/mol. The number of esters is 2. The number of hydrogen-bond acceptors (Lipinski definition) is 5. The summed E-state index contributed by atoms with van der Waals surface area (Å²) < 4.78 is 10.8. The highest BCUT2D eigenvalue weighted by Gasteiger charge is 2.21. The molecule has 0 unspecified atom stereocenters. The normalized spacial score (nSPS) is 11.3. The van der Waals surface area contributed by atoms with Gasteiger partial charge >= 0.3 is 11.9 Å². The molecule has 3 rings (SSSR count). The minimum absolute atomic E-state index is 0.250. The van der Waals surface area contributed by atoms with Crippen molar-refractivity contribution >= 4 is 23.3 Å². The highest BCUT2D eigenvalue weighted by atomic mass is 32.1. The van der Waals surface area contributed by atoms with Gasteiger partial charge in [-0.2, -0.15) is 0 Å². The van der Waals surface area contributed by atoms with Crippen molar-refractivity contribution in [2.75, 3.05) is 6.61 Å². The molecule has 5 heteroatoms. The molecule has 3 aromatic rings. The second-order valence-electron chi connectivity index (χ2n) is 8.95. The van der Waals surface area contributed by atoms with Crippen LogP contribution in [0.25, 0.3) is 11.1 Å². The Morgan fingerprint density at radius 3 is 2.27 bits per heavy atom. The van der Waals surface area contributed by atoms with Crippen LogP contribution in [0.2, 0.25) is 0 Å². The smallest absolute Gasteiger partial charge is 0.348 e. The second kappa shape index (κ2) is 10.8.